The van der Waals surface area contributed by atoms with Crippen LogP contribution in [-0.4, -0.2) is 48.4 Å². The average Bonchev–Trinajstić information content (AvgIpc) is 3.24. The molecule has 6 nitrogen and oxygen atoms in total. The molecule has 2 aliphatic heterocycles. The molecule has 2 heterocycles. The van der Waals surface area contributed by atoms with Crippen molar-refractivity contribution in [2.75, 3.05) is 32.1 Å². The Balaban J connectivity index is 1.56. The van der Waals surface area contributed by atoms with Crippen molar-refractivity contribution in [2.45, 2.75) is 19.0 Å². The van der Waals surface area contributed by atoms with Gasteiger partial charge in [0.1, 0.15) is 11.9 Å². The maximum absolute atomic E-state index is 12.7. The van der Waals surface area contributed by atoms with Crippen LogP contribution >= 0.6 is 0 Å². The highest BCUT2D eigenvalue weighted by molar-refractivity contribution is 6.01. The number of rotatable bonds is 4. The molecule has 2 aliphatic rings. The number of fused-ring (bicyclic) bond motifs is 1. The van der Waals surface area contributed by atoms with Crippen LogP contribution in [0.3, 0.4) is 0 Å². The first kappa shape index (κ1) is 17.4. The molecule has 4 rings (SSSR count). The summed E-state index contributed by atoms with van der Waals surface area (Å²) in [6.07, 6.45) is 1.76. The quantitative estimate of drug-likeness (QED) is 0.905. The van der Waals surface area contributed by atoms with Crippen LogP contribution in [0.25, 0.3) is 0 Å². The number of para-hydroxylation sites is 2. The van der Waals surface area contributed by atoms with Gasteiger partial charge in [0.25, 0.3) is 11.8 Å². The van der Waals surface area contributed by atoms with Crippen LogP contribution in [0.4, 0.5) is 5.69 Å². The minimum absolute atomic E-state index is 0.00804. The Labute approximate surface area is 158 Å². The van der Waals surface area contributed by atoms with E-state index in [1.54, 1.807) is 11.9 Å². The summed E-state index contributed by atoms with van der Waals surface area (Å²) in [5, 5.41) is 3.41. The molecule has 2 aromatic rings. The first-order chi connectivity index (χ1) is 13.1. The van der Waals surface area contributed by atoms with Crippen LogP contribution < -0.4 is 10.1 Å². The molecule has 0 aliphatic carbocycles. The molecule has 27 heavy (non-hydrogen) atoms. The van der Waals surface area contributed by atoms with Gasteiger partial charge in [-0.2, -0.15) is 0 Å². The van der Waals surface area contributed by atoms with Gasteiger partial charge in [-0.05, 0) is 31.0 Å². The molecule has 2 aromatic carbocycles. The third-order valence-electron chi connectivity index (χ3n) is 5.18. The Kier molecular flexibility index (Phi) is 4.71. The van der Waals surface area contributed by atoms with Gasteiger partial charge in [0.2, 0.25) is 0 Å². The van der Waals surface area contributed by atoms with Gasteiger partial charge in [-0.1, -0.05) is 30.3 Å². The first-order valence-corrected chi connectivity index (χ1v) is 9.27. The first-order valence-electron chi connectivity index (χ1n) is 9.27. The smallest absolute Gasteiger partial charge is 0.260 e. The van der Waals surface area contributed by atoms with Gasteiger partial charge >= 0.3 is 0 Å². The monoisotopic (exact) mass is 365 g/mol. The summed E-state index contributed by atoms with van der Waals surface area (Å²) in [6, 6.07) is 15.0. The van der Waals surface area contributed by atoms with Crippen molar-refractivity contribution in [2.24, 2.45) is 0 Å². The van der Waals surface area contributed by atoms with E-state index in [0.29, 0.717) is 11.3 Å². The predicted molar refractivity (Wildman–Crippen MR) is 103 cm³/mol. The normalized spacial score (nSPS) is 18.9. The van der Waals surface area contributed by atoms with Gasteiger partial charge in [-0.15, -0.1) is 0 Å². The third kappa shape index (κ3) is 3.35. The fourth-order valence-corrected chi connectivity index (χ4v) is 3.67. The van der Waals surface area contributed by atoms with Crippen molar-refractivity contribution in [3.05, 3.63) is 59.7 Å². The highest BCUT2D eigenvalue weighted by atomic mass is 16.5. The minimum Gasteiger partial charge on any atom is -0.483 e. The molecule has 140 valence electrons. The molecule has 1 N–H and O–H groups in total. The molecular weight excluding hydrogens is 342 g/mol. The molecule has 1 atom stereocenters. The van der Waals surface area contributed by atoms with E-state index in [1.165, 1.54) is 0 Å². The maximum Gasteiger partial charge on any atom is 0.260 e. The Hall–Kier alpha value is -3.02. The predicted octanol–water partition coefficient (Wildman–Crippen LogP) is 2.88. The summed E-state index contributed by atoms with van der Waals surface area (Å²) < 4.78 is 5.87. The van der Waals surface area contributed by atoms with Crippen molar-refractivity contribution in [3.63, 3.8) is 0 Å². The number of hydrogen-bond donors (Lipinski definition) is 1. The number of amides is 2. The number of nitrogens with zero attached hydrogens (tertiary/aromatic N) is 2. The van der Waals surface area contributed by atoms with Gasteiger partial charge in [-0.25, -0.2) is 0 Å². The molecule has 0 saturated carbocycles. The molecule has 1 saturated heterocycles. The van der Waals surface area contributed by atoms with Crippen LogP contribution in [0.5, 0.6) is 5.75 Å². The number of nitrogens with one attached hydrogen (secondary N) is 1. The van der Waals surface area contributed by atoms with Gasteiger partial charge in [-0.3, -0.25) is 9.59 Å². The lowest BCUT2D eigenvalue weighted by atomic mass is 10.0. The van der Waals surface area contributed by atoms with E-state index in [0.717, 1.165) is 37.2 Å². The van der Waals surface area contributed by atoms with Crippen LogP contribution in [0, 0.1) is 0 Å². The number of carbonyl (C=O) groups excluding carboxylic acids is 2. The molecule has 0 spiro atoms. The molecule has 0 bridgehead atoms. The van der Waals surface area contributed by atoms with Crippen molar-refractivity contribution in [1.82, 2.24) is 9.80 Å². The Bertz CT molecular complexity index is 861. The fourth-order valence-electron chi connectivity index (χ4n) is 3.67. The van der Waals surface area contributed by atoms with Crippen molar-refractivity contribution in [1.29, 1.82) is 0 Å². The van der Waals surface area contributed by atoms with E-state index < -0.39 is 0 Å². The largest absolute Gasteiger partial charge is 0.483 e. The van der Waals surface area contributed by atoms with E-state index in [4.69, 9.17) is 4.74 Å². The number of hydrogen-bond acceptors (Lipinski definition) is 4. The van der Waals surface area contributed by atoms with Crippen LogP contribution in [0.2, 0.25) is 0 Å². The summed E-state index contributed by atoms with van der Waals surface area (Å²) in [6.45, 7) is 1.63. The Morgan fingerprint density at radius 1 is 1.11 bits per heavy atom. The lowest BCUT2D eigenvalue weighted by molar-refractivity contribution is -0.132. The fraction of sp³-hybridized carbons (Fsp3) is 0.333. The van der Waals surface area contributed by atoms with E-state index in [9.17, 15) is 9.59 Å². The van der Waals surface area contributed by atoms with Gasteiger partial charge in [0.05, 0.1) is 5.56 Å². The number of anilines is 1. The highest BCUT2D eigenvalue weighted by Crippen LogP contribution is 2.35. The molecular formula is C21H23N3O3. The van der Waals surface area contributed by atoms with Gasteiger partial charge in [0, 0.05) is 31.4 Å². The van der Waals surface area contributed by atoms with Gasteiger partial charge < -0.3 is 19.9 Å². The topological polar surface area (TPSA) is 61.9 Å². The van der Waals surface area contributed by atoms with Crippen LogP contribution in [0.15, 0.2) is 48.5 Å². The Morgan fingerprint density at radius 3 is 2.63 bits per heavy atom. The average molecular weight is 365 g/mol. The summed E-state index contributed by atoms with van der Waals surface area (Å²) in [4.78, 5) is 28.5. The van der Waals surface area contributed by atoms with Crippen molar-refractivity contribution >= 4 is 17.5 Å². The highest BCUT2D eigenvalue weighted by Gasteiger charge is 2.31. The third-order valence-corrected chi connectivity index (χ3v) is 5.18. The molecule has 0 aromatic heterocycles. The standard InChI is InChI=1S/C21H23N3O3/c1-23-20(22-17-10-4-2-8-15(17)21(23)26)16-9-3-5-11-18(16)27-14-19(25)24-12-6-7-13-24/h2-5,8-11,20,22H,6-7,12-14H2,1H3. The van der Waals surface area contributed by atoms with Crippen LogP contribution in [0.1, 0.15) is 34.9 Å². The number of likely N-dealkylation sites (tertiary alicyclic amines) is 1. The molecule has 6 heteroatoms. The lowest BCUT2D eigenvalue weighted by Gasteiger charge is -2.36. The maximum atomic E-state index is 12.7. The second-order valence-corrected chi connectivity index (χ2v) is 6.92. The van der Waals surface area contributed by atoms with Crippen LogP contribution in [-0.2, 0) is 4.79 Å². The van der Waals surface area contributed by atoms with E-state index >= 15 is 0 Å². The second kappa shape index (κ2) is 7.31. The number of ether oxygens (including phenoxy) is 1. The summed E-state index contributed by atoms with van der Waals surface area (Å²) in [7, 11) is 1.77. The zero-order valence-electron chi connectivity index (χ0n) is 15.4. The van der Waals surface area contributed by atoms with Gasteiger partial charge in [0.15, 0.2) is 6.61 Å². The van der Waals surface area contributed by atoms with Crippen molar-refractivity contribution < 1.29 is 14.3 Å². The molecule has 2 amide bonds. The SMILES string of the molecule is CN1C(=O)c2ccccc2NC1c1ccccc1OCC(=O)N1CCCC1. The molecule has 1 unspecified atom stereocenters. The summed E-state index contributed by atoms with van der Waals surface area (Å²) in [5.41, 5.74) is 2.28. The van der Waals surface area contributed by atoms with E-state index in [1.807, 2.05) is 53.4 Å². The zero-order chi connectivity index (χ0) is 18.8. The summed E-state index contributed by atoms with van der Waals surface area (Å²) >= 11 is 0. The molecule has 1 fully saturated rings. The van der Waals surface area contributed by atoms with E-state index in [2.05, 4.69) is 5.32 Å². The van der Waals surface area contributed by atoms with Crippen molar-refractivity contribution in [3.8, 4) is 5.75 Å². The summed E-state index contributed by atoms with van der Waals surface area (Å²) in [5.74, 6) is 0.576. The second-order valence-electron chi connectivity index (χ2n) is 6.92. The minimum atomic E-state index is -0.356. The number of benzene rings is 2. The Morgan fingerprint density at radius 2 is 1.81 bits per heavy atom. The lowest BCUT2D eigenvalue weighted by Crippen LogP contribution is -2.40. The number of carbonyl (C=O) groups is 2. The molecule has 0 radical (unpaired) electrons. The van der Waals surface area contributed by atoms with E-state index in [-0.39, 0.29) is 24.6 Å². The zero-order valence-corrected chi connectivity index (χ0v) is 15.4.